The van der Waals surface area contributed by atoms with E-state index in [1.54, 1.807) is 28.2 Å². The molecule has 0 spiro atoms. The van der Waals surface area contributed by atoms with Gasteiger partial charge < -0.3 is 19.7 Å². The number of urea groups is 1. The molecular formula is C30H33N7O3. The molecule has 6 rings (SSSR count). The first kappa shape index (κ1) is 25.8. The van der Waals surface area contributed by atoms with Crippen molar-refractivity contribution in [3.8, 4) is 0 Å². The number of hydrogen-bond acceptors (Lipinski definition) is 5. The standard InChI is InChI=1S/C30H33N7O3/c1-33-20-32-27-23(14-9-15-24(27)33)17-35-18-25-36(34(2)30(40)31-16-21-10-5-3-6-11-21)19-26(38)37(25)28(29(35)39)22-12-7-4-8-13-22/h4-5,7-15,20,25,28H,3,6,16-19H2,1-2H3,(H,31,40)/t25-,28+/m1/s1. The number of carbonyl (C=O) groups excluding carboxylic acids is 3. The van der Waals surface area contributed by atoms with Crippen molar-refractivity contribution in [1.82, 2.24) is 34.7 Å². The monoisotopic (exact) mass is 539 g/mol. The van der Waals surface area contributed by atoms with Gasteiger partial charge in [0.2, 0.25) is 5.91 Å². The van der Waals surface area contributed by atoms with E-state index in [1.807, 2.05) is 66.2 Å². The molecule has 0 bridgehead atoms. The first-order chi connectivity index (χ1) is 19.4. The second-order valence-corrected chi connectivity index (χ2v) is 10.5. The van der Waals surface area contributed by atoms with E-state index in [-0.39, 0.29) is 30.9 Å². The number of hydrogen-bond donors (Lipinski definition) is 1. The number of imidazole rings is 1. The van der Waals surface area contributed by atoms with Crippen molar-refractivity contribution in [2.45, 2.75) is 31.6 Å². The number of aromatic nitrogens is 2. The minimum absolute atomic E-state index is 0.0114. The first-order valence-corrected chi connectivity index (χ1v) is 13.6. The van der Waals surface area contributed by atoms with Crippen LogP contribution in [0.25, 0.3) is 11.0 Å². The van der Waals surface area contributed by atoms with Gasteiger partial charge in [-0.25, -0.2) is 9.78 Å². The number of hydrazine groups is 1. The fourth-order valence-electron chi connectivity index (χ4n) is 5.86. The fourth-order valence-corrected chi connectivity index (χ4v) is 5.86. The van der Waals surface area contributed by atoms with E-state index in [0.717, 1.165) is 40.6 Å². The Morgan fingerprint density at radius 1 is 1.10 bits per heavy atom. The van der Waals surface area contributed by atoms with Crippen LogP contribution in [0, 0.1) is 0 Å². The summed E-state index contributed by atoms with van der Waals surface area (Å²) in [6.07, 6.45) is 9.50. The van der Waals surface area contributed by atoms with E-state index in [4.69, 9.17) is 0 Å². The summed E-state index contributed by atoms with van der Waals surface area (Å²) in [5.74, 6) is -0.329. The molecule has 10 nitrogen and oxygen atoms in total. The molecule has 40 heavy (non-hydrogen) atoms. The summed E-state index contributed by atoms with van der Waals surface area (Å²) in [6.45, 7) is 1.04. The third kappa shape index (κ3) is 4.64. The lowest BCUT2D eigenvalue weighted by Gasteiger charge is -2.45. The summed E-state index contributed by atoms with van der Waals surface area (Å²) >= 11 is 0. The second kappa shape index (κ2) is 10.6. The molecule has 0 radical (unpaired) electrons. The van der Waals surface area contributed by atoms with Crippen LogP contribution in [0.3, 0.4) is 0 Å². The third-order valence-corrected chi connectivity index (χ3v) is 7.97. The summed E-state index contributed by atoms with van der Waals surface area (Å²) < 4.78 is 1.95. The van der Waals surface area contributed by atoms with Crippen LogP contribution in [0.5, 0.6) is 0 Å². The van der Waals surface area contributed by atoms with Crippen LogP contribution in [0.1, 0.15) is 30.0 Å². The normalized spacial score (nSPS) is 21.1. The topological polar surface area (TPSA) is 94.0 Å². The van der Waals surface area contributed by atoms with Crippen molar-refractivity contribution < 1.29 is 14.4 Å². The highest BCUT2D eigenvalue weighted by Crippen LogP contribution is 2.36. The maximum atomic E-state index is 14.0. The molecule has 0 unspecified atom stereocenters. The van der Waals surface area contributed by atoms with Gasteiger partial charge in [0.25, 0.3) is 5.91 Å². The second-order valence-electron chi connectivity index (χ2n) is 10.5. The lowest BCUT2D eigenvalue weighted by Crippen LogP contribution is -2.62. The van der Waals surface area contributed by atoms with Gasteiger partial charge in [-0.3, -0.25) is 14.6 Å². The van der Waals surface area contributed by atoms with Gasteiger partial charge in [-0.05, 0) is 35.6 Å². The van der Waals surface area contributed by atoms with Gasteiger partial charge in [-0.15, -0.1) is 0 Å². The molecular weight excluding hydrogens is 506 g/mol. The molecule has 1 aromatic heterocycles. The Balaban J connectivity index is 1.29. The van der Waals surface area contributed by atoms with Crippen molar-refractivity contribution in [3.63, 3.8) is 0 Å². The zero-order valence-electron chi connectivity index (χ0n) is 22.7. The number of carbonyl (C=O) groups is 3. The number of allylic oxidation sites excluding steroid dienone is 2. The van der Waals surface area contributed by atoms with Gasteiger partial charge in [0.15, 0.2) is 0 Å². The molecule has 1 aliphatic carbocycles. The van der Waals surface area contributed by atoms with Gasteiger partial charge in [-0.1, -0.05) is 60.7 Å². The molecule has 2 aliphatic heterocycles. The predicted octanol–water partition coefficient (Wildman–Crippen LogP) is 2.96. The molecule has 2 fully saturated rings. The molecule has 3 heterocycles. The van der Waals surface area contributed by atoms with Crippen LogP contribution in [0.2, 0.25) is 0 Å². The summed E-state index contributed by atoms with van der Waals surface area (Å²) in [6, 6.07) is 14.3. The minimum atomic E-state index is -0.783. The van der Waals surface area contributed by atoms with E-state index in [9.17, 15) is 14.4 Å². The van der Waals surface area contributed by atoms with Gasteiger partial charge in [0.1, 0.15) is 12.2 Å². The van der Waals surface area contributed by atoms with E-state index in [0.29, 0.717) is 13.1 Å². The molecule has 1 N–H and O–H groups in total. The maximum absolute atomic E-state index is 14.0. The zero-order chi connectivity index (χ0) is 27.8. The van der Waals surface area contributed by atoms with Crippen LogP contribution >= 0.6 is 0 Å². The maximum Gasteiger partial charge on any atom is 0.332 e. The highest BCUT2D eigenvalue weighted by Gasteiger charge is 2.52. The lowest BCUT2D eigenvalue weighted by atomic mass is 10.00. The Bertz CT molecular complexity index is 1510. The molecule has 10 heteroatoms. The molecule has 3 aliphatic rings. The van der Waals surface area contributed by atoms with Crippen molar-refractivity contribution in [1.29, 1.82) is 0 Å². The van der Waals surface area contributed by atoms with Gasteiger partial charge >= 0.3 is 6.03 Å². The van der Waals surface area contributed by atoms with Crippen molar-refractivity contribution >= 4 is 28.9 Å². The van der Waals surface area contributed by atoms with E-state index < -0.39 is 12.2 Å². The molecule has 3 aromatic rings. The number of piperazine rings is 1. The summed E-state index contributed by atoms with van der Waals surface area (Å²) in [7, 11) is 3.61. The average Bonchev–Trinajstić information content (AvgIpc) is 3.52. The number of nitrogens with zero attached hydrogens (tertiary/aromatic N) is 6. The van der Waals surface area contributed by atoms with Gasteiger partial charge in [0, 0.05) is 27.2 Å². The van der Waals surface area contributed by atoms with Crippen LogP contribution in [0.4, 0.5) is 4.79 Å². The quantitative estimate of drug-likeness (QED) is 0.520. The Hall–Kier alpha value is -4.44. The lowest BCUT2D eigenvalue weighted by molar-refractivity contribution is -0.157. The van der Waals surface area contributed by atoms with Gasteiger partial charge in [-0.2, -0.15) is 5.01 Å². The number of para-hydroxylation sites is 1. The molecule has 0 saturated carbocycles. The van der Waals surface area contributed by atoms with Crippen LogP contribution < -0.4 is 5.32 Å². The molecule has 2 aromatic carbocycles. The fraction of sp³-hybridized carbons (Fsp3) is 0.333. The first-order valence-electron chi connectivity index (χ1n) is 13.6. The Morgan fingerprint density at radius 3 is 2.70 bits per heavy atom. The van der Waals surface area contributed by atoms with Gasteiger partial charge in [0.05, 0.1) is 30.5 Å². The highest BCUT2D eigenvalue weighted by atomic mass is 16.2. The third-order valence-electron chi connectivity index (χ3n) is 7.97. The Kier molecular flexibility index (Phi) is 6.85. The summed E-state index contributed by atoms with van der Waals surface area (Å²) in [5.41, 5.74) is 4.58. The van der Waals surface area contributed by atoms with Crippen molar-refractivity contribution in [2.75, 3.05) is 26.7 Å². The number of benzene rings is 2. The number of nitrogens with one attached hydrogen (secondary N) is 1. The van der Waals surface area contributed by atoms with E-state index >= 15 is 0 Å². The van der Waals surface area contributed by atoms with E-state index in [1.165, 1.54) is 5.01 Å². The number of rotatable bonds is 6. The number of aryl methyl sites for hydroxylation is 1. The SMILES string of the molecule is CN(C(=O)NCC1=CCCC=C1)N1CC(=O)N2[C@@H](c3ccccc3)C(=O)N(Cc3cccc4c3ncn4C)C[C@@H]21. The molecule has 4 amide bonds. The Morgan fingerprint density at radius 2 is 1.93 bits per heavy atom. The predicted molar refractivity (Wildman–Crippen MR) is 150 cm³/mol. The summed E-state index contributed by atoms with van der Waals surface area (Å²) in [4.78, 5) is 48.7. The number of amides is 4. The minimum Gasteiger partial charge on any atom is -0.334 e. The number of fused-ring (bicyclic) bond motifs is 2. The highest BCUT2D eigenvalue weighted by molar-refractivity contribution is 5.92. The van der Waals surface area contributed by atoms with E-state index in [2.05, 4.69) is 22.5 Å². The Labute approximate surface area is 233 Å². The van der Waals surface area contributed by atoms with Crippen LogP contribution in [-0.2, 0) is 23.2 Å². The smallest absolute Gasteiger partial charge is 0.332 e. The average molecular weight is 540 g/mol. The molecule has 2 saturated heterocycles. The van der Waals surface area contributed by atoms with Crippen LogP contribution in [0.15, 0.2) is 78.7 Å². The van der Waals surface area contributed by atoms with Crippen molar-refractivity contribution in [3.05, 3.63) is 89.8 Å². The zero-order valence-corrected chi connectivity index (χ0v) is 22.7. The van der Waals surface area contributed by atoms with Crippen LogP contribution in [-0.4, -0.2) is 80.1 Å². The molecule has 206 valence electrons. The van der Waals surface area contributed by atoms with Crippen molar-refractivity contribution in [2.24, 2.45) is 7.05 Å². The summed E-state index contributed by atoms with van der Waals surface area (Å²) in [5, 5.41) is 6.21. The largest absolute Gasteiger partial charge is 0.334 e. The molecule has 2 atom stereocenters.